The van der Waals surface area contributed by atoms with Crippen LogP contribution in [0.2, 0.25) is 0 Å². The zero-order valence-corrected chi connectivity index (χ0v) is 17.7. The van der Waals surface area contributed by atoms with Gasteiger partial charge in [0, 0.05) is 32.9 Å². The maximum atomic E-state index is 4.67. The first kappa shape index (κ1) is 17.2. The third-order valence-electron chi connectivity index (χ3n) is 7.12. The summed E-state index contributed by atoms with van der Waals surface area (Å²) in [6, 6.07) is 32.9. The molecule has 33 heavy (non-hydrogen) atoms. The summed E-state index contributed by atoms with van der Waals surface area (Å²) in [7, 11) is 0. The van der Waals surface area contributed by atoms with Crippen molar-refractivity contribution in [1.82, 2.24) is 19.0 Å². The van der Waals surface area contributed by atoms with Crippen LogP contribution in [0.25, 0.3) is 49.4 Å². The van der Waals surface area contributed by atoms with Crippen LogP contribution < -0.4 is 10.9 Å². The van der Waals surface area contributed by atoms with Gasteiger partial charge in [0.15, 0.2) is 0 Å². The van der Waals surface area contributed by atoms with Crippen LogP contribution >= 0.6 is 0 Å². The van der Waals surface area contributed by atoms with Gasteiger partial charge in [-0.1, -0.05) is 72.8 Å². The van der Waals surface area contributed by atoms with Gasteiger partial charge < -0.3 is 9.05 Å². The van der Waals surface area contributed by atoms with E-state index in [4.69, 9.17) is 0 Å². The van der Waals surface area contributed by atoms with Crippen molar-refractivity contribution in [3.63, 3.8) is 0 Å². The molecule has 0 saturated carbocycles. The lowest BCUT2D eigenvalue weighted by molar-refractivity contribution is 1.14. The Morgan fingerprint density at radius 1 is 0.606 bits per heavy atom. The molecule has 0 radical (unpaired) electrons. The van der Waals surface area contributed by atoms with E-state index in [1.54, 1.807) is 6.33 Å². The highest BCUT2D eigenvalue weighted by atomic mass is 15.0. The fourth-order valence-electron chi connectivity index (χ4n) is 5.89. The Bertz CT molecular complexity index is 1840. The third kappa shape index (κ3) is 2.07. The summed E-state index contributed by atoms with van der Waals surface area (Å²) in [5.41, 5.74) is 9.53. The average molecular weight is 420 g/mol. The van der Waals surface area contributed by atoms with Gasteiger partial charge in [-0.15, -0.1) is 0 Å². The molecule has 3 aromatic heterocycles. The van der Waals surface area contributed by atoms with E-state index in [0.717, 1.165) is 11.0 Å². The molecule has 1 aliphatic heterocycles. The van der Waals surface area contributed by atoms with E-state index in [1.165, 1.54) is 49.3 Å². The minimum absolute atomic E-state index is 0.0551. The van der Waals surface area contributed by atoms with E-state index in [2.05, 4.69) is 110 Å². The second-order valence-corrected chi connectivity index (χ2v) is 8.70. The summed E-state index contributed by atoms with van der Waals surface area (Å²) in [5, 5.41) is 3.75. The number of hydrogen-bond donors (Lipinski definition) is 0. The summed E-state index contributed by atoms with van der Waals surface area (Å²) >= 11 is 0. The van der Waals surface area contributed by atoms with Crippen molar-refractivity contribution in [3.8, 4) is 5.69 Å². The molecule has 4 nitrogen and oxygen atoms in total. The Kier molecular flexibility index (Phi) is 3.19. The van der Waals surface area contributed by atoms with Gasteiger partial charge in [-0.25, -0.2) is 9.97 Å². The van der Waals surface area contributed by atoms with Gasteiger partial charge in [0.05, 0.1) is 22.7 Å². The third-order valence-corrected chi connectivity index (χ3v) is 7.12. The monoisotopic (exact) mass is 420 g/mol. The molecular formula is C28H17BN4. The molecule has 1 aliphatic rings. The smallest absolute Gasteiger partial charge is 0.332 e. The summed E-state index contributed by atoms with van der Waals surface area (Å²) in [6.07, 6.45) is 3.58. The fraction of sp³-hybridized carbons (Fsp3) is 0. The zero-order valence-electron chi connectivity index (χ0n) is 17.7. The lowest BCUT2D eigenvalue weighted by atomic mass is 9.48. The van der Waals surface area contributed by atoms with Gasteiger partial charge in [-0.2, -0.15) is 0 Å². The second-order valence-electron chi connectivity index (χ2n) is 8.70. The highest BCUT2D eigenvalue weighted by Crippen LogP contribution is 2.34. The molecule has 7 aromatic rings. The quantitative estimate of drug-likeness (QED) is 0.363. The van der Waals surface area contributed by atoms with Gasteiger partial charge in [0.2, 0.25) is 0 Å². The predicted octanol–water partition coefficient (Wildman–Crippen LogP) is 4.65. The Labute approximate surface area is 189 Å². The van der Waals surface area contributed by atoms with E-state index in [9.17, 15) is 0 Å². The fourth-order valence-corrected chi connectivity index (χ4v) is 5.89. The van der Waals surface area contributed by atoms with E-state index in [0.29, 0.717) is 0 Å². The van der Waals surface area contributed by atoms with E-state index < -0.39 is 0 Å². The molecule has 4 aromatic carbocycles. The lowest BCUT2D eigenvalue weighted by Gasteiger charge is -2.28. The number of aromatic nitrogens is 4. The van der Waals surface area contributed by atoms with Crippen LogP contribution in [0.15, 0.2) is 104 Å². The van der Waals surface area contributed by atoms with Gasteiger partial charge in [0.1, 0.15) is 6.33 Å². The number of para-hydroxylation sites is 4. The highest BCUT2D eigenvalue weighted by Gasteiger charge is 2.35. The molecule has 0 saturated heterocycles. The first-order valence-electron chi connectivity index (χ1n) is 11.2. The molecule has 0 spiro atoms. The largest absolute Gasteiger partial charge is 0.376 e. The molecule has 4 heterocycles. The second kappa shape index (κ2) is 6.11. The van der Waals surface area contributed by atoms with Crippen LogP contribution in [-0.2, 0) is 0 Å². The molecular weight excluding hydrogens is 403 g/mol. The number of nitrogens with zero attached hydrogens (tertiary/aromatic N) is 4. The molecule has 0 unspecified atom stereocenters. The van der Waals surface area contributed by atoms with Crippen molar-refractivity contribution >= 4 is 61.5 Å². The summed E-state index contributed by atoms with van der Waals surface area (Å²) in [4.78, 5) is 9.03. The summed E-state index contributed by atoms with van der Waals surface area (Å²) in [5.74, 6) is 0. The minimum Gasteiger partial charge on any atom is -0.376 e. The van der Waals surface area contributed by atoms with E-state index in [1.807, 2.05) is 6.20 Å². The molecule has 0 amide bonds. The normalized spacial score (nSPS) is 12.8. The number of benzene rings is 4. The molecule has 152 valence electrons. The Hall–Kier alpha value is -4.38. The Morgan fingerprint density at radius 2 is 1.27 bits per heavy atom. The van der Waals surface area contributed by atoms with Crippen molar-refractivity contribution in [3.05, 3.63) is 104 Å². The SMILES string of the molecule is c1ccc2c(c1)B(n1c3ccccc3c3ccccc31)c1cccc3c4ncncc4n-2c13. The lowest BCUT2D eigenvalue weighted by Crippen LogP contribution is -2.53. The van der Waals surface area contributed by atoms with Crippen LogP contribution in [0.5, 0.6) is 0 Å². The van der Waals surface area contributed by atoms with E-state index >= 15 is 0 Å². The molecule has 5 heteroatoms. The average Bonchev–Trinajstić information content (AvgIpc) is 3.39. The molecule has 0 bridgehead atoms. The molecule has 0 N–H and O–H groups in total. The van der Waals surface area contributed by atoms with Crippen molar-refractivity contribution in [1.29, 1.82) is 0 Å². The van der Waals surface area contributed by atoms with Gasteiger partial charge >= 0.3 is 6.85 Å². The molecule has 8 rings (SSSR count). The first-order chi connectivity index (χ1) is 16.4. The van der Waals surface area contributed by atoms with Crippen LogP contribution in [0.4, 0.5) is 0 Å². The van der Waals surface area contributed by atoms with Crippen molar-refractivity contribution in [2.45, 2.75) is 0 Å². The number of hydrogen-bond acceptors (Lipinski definition) is 2. The topological polar surface area (TPSA) is 35.6 Å². The van der Waals surface area contributed by atoms with Gasteiger partial charge in [-0.3, -0.25) is 0 Å². The van der Waals surface area contributed by atoms with Gasteiger partial charge in [-0.05, 0) is 29.1 Å². The molecule has 0 fully saturated rings. The van der Waals surface area contributed by atoms with Crippen molar-refractivity contribution < 1.29 is 0 Å². The maximum Gasteiger partial charge on any atom is 0.332 e. The predicted molar refractivity (Wildman–Crippen MR) is 136 cm³/mol. The molecule has 0 atom stereocenters. The van der Waals surface area contributed by atoms with Gasteiger partial charge in [0.25, 0.3) is 0 Å². The first-order valence-corrected chi connectivity index (χ1v) is 11.2. The van der Waals surface area contributed by atoms with Crippen LogP contribution in [-0.4, -0.2) is 25.9 Å². The summed E-state index contributed by atoms with van der Waals surface area (Å²) < 4.78 is 4.87. The molecule has 0 aliphatic carbocycles. The van der Waals surface area contributed by atoms with Crippen LogP contribution in [0.3, 0.4) is 0 Å². The van der Waals surface area contributed by atoms with Crippen molar-refractivity contribution in [2.24, 2.45) is 0 Å². The Morgan fingerprint density at radius 3 is 2.09 bits per heavy atom. The number of fused-ring (bicyclic) bond motifs is 8. The minimum atomic E-state index is 0.0551. The van der Waals surface area contributed by atoms with Crippen LogP contribution in [0, 0.1) is 0 Å². The Balaban J connectivity index is 1.61. The number of rotatable bonds is 1. The summed E-state index contributed by atoms with van der Waals surface area (Å²) in [6.45, 7) is 0.0551. The standard InChI is InChI=1S/C28H17BN4/c1-4-13-23-18(8-1)19-9-2-5-14-24(19)33(23)29-21-11-3-6-15-25(21)32-26-16-30-17-31-27(26)20-10-7-12-22(29)28(20)32/h1-17H. The van der Waals surface area contributed by atoms with E-state index in [-0.39, 0.29) is 6.85 Å². The highest BCUT2D eigenvalue weighted by molar-refractivity contribution is 6.88. The van der Waals surface area contributed by atoms with Crippen LogP contribution in [0.1, 0.15) is 0 Å². The zero-order chi connectivity index (χ0) is 21.5. The maximum absolute atomic E-state index is 4.67. The van der Waals surface area contributed by atoms with Crippen molar-refractivity contribution in [2.75, 3.05) is 0 Å².